The van der Waals surface area contributed by atoms with Crippen molar-refractivity contribution in [1.82, 2.24) is 9.55 Å². The van der Waals surface area contributed by atoms with Crippen LogP contribution in [-0.4, -0.2) is 15.5 Å². The fourth-order valence-corrected chi connectivity index (χ4v) is 3.52. The average molecular weight is 400 g/mol. The minimum Gasteiger partial charge on any atom is -0.457 e. The van der Waals surface area contributed by atoms with Crippen molar-refractivity contribution < 1.29 is 22.7 Å². The molecule has 4 nitrogen and oxygen atoms in total. The number of imidazole rings is 1. The molecular formula is C22H19F3N2O2. The smallest absolute Gasteiger partial charge is 0.416 e. The van der Waals surface area contributed by atoms with E-state index in [1.54, 1.807) is 18.5 Å². The zero-order valence-corrected chi connectivity index (χ0v) is 15.5. The maximum Gasteiger partial charge on any atom is 0.416 e. The molecule has 150 valence electrons. The topological polar surface area (TPSA) is 44.1 Å². The molecule has 7 heteroatoms. The number of aromatic nitrogens is 2. The largest absolute Gasteiger partial charge is 0.457 e. The summed E-state index contributed by atoms with van der Waals surface area (Å²) in [6, 6.07) is 15.2. The summed E-state index contributed by atoms with van der Waals surface area (Å²) < 4.78 is 46.8. The van der Waals surface area contributed by atoms with Crippen LogP contribution in [0, 0.1) is 5.92 Å². The van der Waals surface area contributed by atoms with Gasteiger partial charge in [-0.25, -0.2) is 4.98 Å². The van der Waals surface area contributed by atoms with Crippen LogP contribution in [0.2, 0.25) is 0 Å². The van der Waals surface area contributed by atoms with Crippen molar-refractivity contribution >= 4 is 5.97 Å². The Morgan fingerprint density at radius 1 is 1.10 bits per heavy atom. The number of nitrogens with zero attached hydrogens (tertiary/aromatic N) is 2. The molecule has 1 heterocycles. The van der Waals surface area contributed by atoms with Crippen molar-refractivity contribution in [3.05, 3.63) is 89.5 Å². The third-order valence-electron chi connectivity index (χ3n) is 5.10. The van der Waals surface area contributed by atoms with Crippen LogP contribution < -0.4 is 0 Å². The van der Waals surface area contributed by atoms with Crippen molar-refractivity contribution in [3.63, 3.8) is 0 Å². The van der Waals surface area contributed by atoms with Crippen molar-refractivity contribution in [2.45, 2.75) is 31.7 Å². The number of alkyl halides is 3. The molecular weight excluding hydrogens is 381 g/mol. The fourth-order valence-electron chi connectivity index (χ4n) is 3.52. The van der Waals surface area contributed by atoms with Gasteiger partial charge in [-0.05, 0) is 29.5 Å². The van der Waals surface area contributed by atoms with Gasteiger partial charge in [0.15, 0.2) is 0 Å². The van der Waals surface area contributed by atoms with E-state index in [1.807, 2.05) is 34.9 Å². The highest BCUT2D eigenvalue weighted by Crippen LogP contribution is 2.51. The summed E-state index contributed by atoms with van der Waals surface area (Å²) in [7, 11) is 0. The molecule has 1 aliphatic rings. The number of ether oxygens (including phenoxy) is 1. The first-order chi connectivity index (χ1) is 13.9. The molecule has 2 aromatic carbocycles. The van der Waals surface area contributed by atoms with Crippen LogP contribution in [0.1, 0.15) is 34.9 Å². The molecule has 4 rings (SSSR count). The van der Waals surface area contributed by atoms with Crippen LogP contribution in [0.15, 0.2) is 67.0 Å². The number of carbonyl (C=O) groups is 1. The van der Waals surface area contributed by atoms with Gasteiger partial charge >= 0.3 is 12.1 Å². The lowest BCUT2D eigenvalue weighted by Gasteiger charge is -2.12. The number of rotatable bonds is 6. The predicted molar refractivity (Wildman–Crippen MR) is 99.9 cm³/mol. The molecule has 0 amide bonds. The minimum absolute atomic E-state index is 0.0111. The first-order valence-corrected chi connectivity index (χ1v) is 9.30. The van der Waals surface area contributed by atoms with Crippen LogP contribution in [0.25, 0.3) is 0 Å². The molecule has 2 atom stereocenters. The summed E-state index contributed by atoms with van der Waals surface area (Å²) in [5.74, 6) is -0.892. The van der Waals surface area contributed by atoms with E-state index >= 15 is 0 Å². The van der Waals surface area contributed by atoms with Gasteiger partial charge < -0.3 is 9.30 Å². The Balaban J connectivity index is 1.38. The molecule has 0 saturated heterocycles. The summed E-state index contributed by atoms with van der Waals surface area (Å²) in [5, 5.41) is 0. The van der Waals surface area contributed by atoms with Crippen molar-refractivity contribution in [3.8, 4) is 0 Å². The van der Waals surface area contributed by atoms with Gasteiger partial charge in [-0.15, -0.1) is 0 Å². The van der Waals surface area contributed by atoms with Gasteiger partial charge in [0.2, 0.25) is 0 Å². The number of hydrogen-bond acceptors (Lipinski definition) is 3. The molecule has 1 aliphatic carbocycles. The zero-order valence-electron chi connectivity index (χ0n) is 15.5. The molecule has 0 N–H and O–H groups in total. The Hall–Kier alpha value is -3.09. The van der Waals surface area contributed by atoms with E-state index in [9.17, 15) is 18.0 Å². The van der Waals surface area contributed by atoms with E-state index in [0.29, 0.717) is 18.8 Å². The lowest BCUT2D eigenvalue weighted by Crippen LogP contribution is -2.13. The highest BCUT2D eigenvalue weighted by atomic mass is 19.4. The van der Waals surface area contributed by atoms with E-state index in [1.165, 1.54) is 12.1 Å². The standard InChI is InChI=1S/C22H19F3N2O2/c23-22(24,25)19-9-5-4-8-16(19)17-12-18(17)21(28)29-14-20-26-10-11-27(20)13-15-6-2-1-3-7-15/h1-11,17-18H,12-14H2. The third-order valence-corrected chi connectivity index (χ3v) is 5.10. The number of halogens is 3. The number of benzene rings is 2. The Labute approximate surface area is 166 Å². The monoisotopic (exact) mass is 400 g/mol. The minimum atomic E-state index is -4.43. The van der Waals surface area contributed by atoms with Crippen molar-refractivity contribution in [1.29, 1.82) is 0 Å². The van der Waals surface area contributed by atoms with Crippen LogP contribution in [-0.2, 0) is 28.9 Å². The van der Waals surface area contributed by atoms with E-state index < -0.39 is 29.5 Å². The Morgan fingerprint density at radius 2 is 1.83 bits per heavy atom. The normalized spacial score (nSPS) is 18.4. The molecule has 3 aromatic rings. The summed E-state index contributed by atoms with van der Waals surface area (Å²) in [4.78, 5) is 16.6. The third kappa shape index (κ3) is 4.34. The van der Waals surface area contributed by atoms with Gasteiger partial charge in [0.25, 0.3) is 0 Å². The van der Waals surface area contributed by atoms with Crippen LogP contribution in [0.5, 0.6) is 0 Å². The first kappa shape index (κ1) is 19.2. The molecule has 0 bridgehead atoms. The summed E-state index contributed by atoms with van der Waals surface area (Å²) in [5.41, 5.74) is 0.565. The van der Waals surface area contributed by atoms with Gasteiger partial charge in [0.1, 0.15) is 12.4 Å². The molecule has 1 fully saturated rings. The first-order valence-electron chi connectivity index (χ1n) is 9.30. The Morgan fingerprint density at radius 3 is 2.59 bits per heavy atom. The number of carbonyl (C=O) groups excluding carboxylic acids is 1. The van der Waals surface area contributed by atoms with Gasteiger partial charge in [-0.3, -0.25) is 4.79 Å². The van der Waals surface area contributed by atoms with E-state index in [2.05, 4.69) is 4.98 Å². The molecule has 29 heavy (non-hydrogen) atoms. The van der Waals surface area contributed by atoms with Gasteiger partial charge in [0, 0.05) is 18.9 Å². The average Bonchev–Trinajstić information content (AvgIpc) is 3.40. The second-order valence-electron chi connectivity index (χ2n) is 7.10. The second kappa shape index (κ2) is 7.73. The van der Waals surface area contributed by atoms with Gasteiger partial charge in [0.05, 0.1) is 11.5 Å². The summed E-state index contributed by atoms with van der Waals surface area (Å²) in [6.45, 7) is 0.585. The highest BCUT2D eigenvalue weighted by Gasteiger charge is 2.48. The molecule has 1 aromatic heterocycles. The van der Waals surface area contributed by atoms with Crippen LogP contribution in [0.3, 0.4) is 0 Å². The van der Waals surface area contributed by atoms with E-state index in [-0.39, 0.29) is 12.2 Å². The fraction of sp³-hybridized carbons (Fsp3) is 0.273. The number of esters is 1. The Kier molecular flexibility index (Phi) is 5.13. The lowest BCUT2D eigenvalue weighted by atomic mass is 10.0. The van der Waals surface area contributed by atoms with E-state index in [4.69, 9.17) is 4.74 Å². The lowest BCUT2D eigenvalue weighted by molar-refractivity contribution is -0.147. The van der Waals surface area contributed by atoms with Crippen LogP contribution in [0.4, 0.5) is 13.2 Å². The maximum atomic E-state index is 13.2. The molecule has 0 radical (unpaired) electrons. The molecule has 2 unspecified atom stereocenters. The number of hydrogen-bond donors (Lipinski definition) is 0. The quantitative estimate of drug-likeness (QED) is 0.559. The molecule has 1 saturated carbocycles. The highest BCUT2D eigenvalue weighted by molar-refractivity contribution is 5.77. The van der Waals surface area contributed by atoms with Crippen molar-refractivity contribution in [2.75, 3.05) is 0 Å². The SMILES string of the molecule is O=C(OCc1nccn1Cc1ccccc1)C1CC1c1ccccc1C(F)(F)F. The van der Waals surface area contributed by atoms with Gasteiger partial charge in [-0.2, -0.15) is 13.2 Å². The maximum absolute atomic E-state index is 13.2. The zero-order chi connectivity index (χ0) is 20.4. The van der Waals surface area contributed by atoms with Gasteiger partial charge in [-0.1, -0.05) is 48.5 Å². The molecule has 0 spiro atoms. The van der Waals surface area contributed by atoms with E-state index in [0.717, 1.165) is 11.6 Å². The summed E-state index contributed by atoms with van der Waals surface area (Å²) >= 11 is 0. The van der Waals surface area contributed by atoms with Crippen molar-refractivity contribution in [2.24, 2.45) is 5.92 Å². The Bertz CT molecular complexity index is 999. The summed E-state index contributed by atoms with van der Waals surface area (Å²) in [6.07, 6.45) is -0.637. The predicted octanol–water partition coefficient (Wildman–Crippen LogP) is 4.80. The second-order valence-corrected chi connectivity index (χ2v) is 7.10. The molecule has 0 aliphatic heterocycles. The van der Waals surface area contributed by atoms with Crippen LogP contribution >= 0.6 is 0 Å².